The van der Waals surface area contributed by atoms with Crippen molar-refractivity contribution < 1.29 is 0 Å². The standard InChI is InChI=1S/C27H51/c1-2-4-6-8-10-12-14-16-18-20-26-22-24-27(25-23-26)21-19-17-15-13-11-9-7-5-3-1/h22,26-27H,1-21,23-25H2. The molecular formula is C27H51. The second-order valence-electron chi connectivity index (χ2n) is 9.97. The summed E-state index contributed by atoms with van der Waals surface area (Å²) in [5.74, 6) is 2.01. The topological polar surface area (TPSA) is 0 Å². The van der Waals surface area contributed by atoms with Crippen LogP contribution >= 0.6 is 0 Å². The maximum atomic E-state index is 2.72. The smallest absolute Gasteiger partial charge is 0.0352 e. The number of rotatable bonds is 0. The predicted octanol–water partition coefficient (Wildman–Crippen LogP) is 9.81. The van der Waals surface area contributed by atoms with Gasteiger partial charge in [0.2, 0.25) is 0 Å². The van der Waals surface area contributed by atoms with E-state index in [2.05, 4.69) is 6.42 Å². The van der Waals surface area contributed by atoms with Crippen LogP contribution in [0.4, 0.5) is 0 Å². The van der Waals surface area contributed by atoms with Gasteiger partial charge in [-0.1, -0.05) is 141 Å². The molecule has 2 atom stereocenters. The monoisotopic (exact) mass is 375 g/mol. The molecule has 0 aromatic rings. The molecule has 3 rings (SSSR count). The Bertz CT molecular complexity index is 264. The minimum Gasteiger partial charge on any atom is -0.0533 e. The molecule has 0 aromatic carbocycles. The van der Waals surface area contributed by atoms with Crippen molar-refractivity contribution in [3.63, 3.8) is 0 Å². The Morgan fingerprint density at radius 1 is 0.333 bits per heavy atom. The molecule has 0 nitrogen and oxygen atoms in total. The molecule has 0 N–H and O–H groups in total. The lowest BCUT2D eigenvalue weighted by Gasteiger charge is -2.28. The van der Waals surface area contributed by atoms with Crippen LogP contribution < -0.4 is 0 Å². The van der Waals surface area contributed by atoms with E-state index in [1.54, 1.807) is 0 Å². The molecule has 2 unspecified atom stereocenters. The number of hydrogen-bond donors (Lipinski definition) is 0. The van der Waals surface area contributed by atoms with Gasteiger partial charge in [-0.15, -0.1) is 0 Å². The van der Waals surface area contributed by atoms with Gasteiger partial charge in [0.25, 0.3) is 0 Å². The number of fused-ring (bicyclic) bond motifs is 22. The summed E-state index contributed by atoms with van der Waals surface area (Å²) in [6, 6.07) is 0. The molecule has 0 amide bonds. The lowest BCUT2D eigenvalue weighted by molar-refractivity contribution is 0.303. The van der Waals surface area contributed by atoms with Crippen LogP contribution in [-0.4, -0.2) is 0 Å². The van der Waals surface area contributed by atoms with Crippen molar-refractivity contribution in [1.29, 1.82) is 0 Å². The van der Waals surface area contributed by atoms with Gasteiger partial charge >= 0.3 is 0 Å². The van der Waals surface area contributed by atoms with Gasteiger partial charge in [0.15, 0.2) is 0 Å². The normalized spacial score (nSPS) is 30.2. The van der Waals surface area contributed by atoms with Crippen LogP contribution in [0.25, 0.3) is 0 Å². The molecule has 1 radical (unpaired) electrons. The lowest BCUT2D eigenvalue weighted by Crippen LogP contribution is -2.15. The molecule has 3 aliphatic carbocycles. The van der Waals surface area contributed by atoms with Gasteiger partial charge in [0.1, 0.15) is 0 Å². The number of hydrogen-bond acceptors (Lipinski definition) is 0. The third kappa shape index (κ3) is 13.0. The Morgan fingerprint density at radius 3 is 1.07 bits per heavy atom. The van der Waals surface area contributed by atoms with Crippen LogP contribution in [0.15, 0.2) is 0 Å². The summed E-state index contributed by atoms with van der Waals surface area (Å²) < 4.78 is 0. The molecule has 3 aliphatic rings. The van der Waals surface area contributed by atoms with Crippen molar-refractivity contribution in [2.75, 3.05) is 0 Å². The summed E-state index contributed by atoms with van der Waals surface area (Å²) in [6.07, 6.45) is 38.7. The van der Waals surface area contributed by atoms with E-state index >= 15 is 0 Å². The molecule has 0 saturated heterocycles. The largest absolute Gasteiger partial charge is 0.0533 e. The average molecular weight is 376 g/mol. The first-order chi connectivity index (χ1) is 13.4. The van der Waals surface area contributed by atoms with Gasteiger partial charge in [0.05, 0.1) is 0 Å². The molecule has 3 saturated carbocycles. The third-order valence-electron chi connectivity index (χ3n) is 7.44. The minimum atomic E-state index is 0.968. The van der Waals surface area contributed by atoms with Crippen molar-refractivity contribution in [3.8, 4) is 0 Å². The molecular weight excluding hydrogens is 324 g/mol. The Morgan fingerprint density at radius 2 is 0.704 bits per heavy atom. The van der Waals surface area contributed by atoms with E-state index in [1.165, 1.54) is 154 Å². The van der Waals surface area contributed by atoms with Crippen LogP contribution in [-0.2, 0) is 0 Å². The highest BCUT2D eigenvalue weighted by atomic mass is 14.3. The first kappa shape index (κ1) is 23.3. The lowest BCUT2D eigenvalue weighted by atomic mass is 9.78. The molecule has 0 aromatic heterocycles. The Balaban J connectivity index is 1.56. The molecule has 0 heteroatoms. The van der Waals surface area contributed by atoms with Crippen LogP contribution in [0.2, 0.25) is 0 Å². The molecule has 27 heavy (non-hydrogen) atoms. The molecule has 0 heterocycles. The predicted molar refractivity (Wildman–Crippen MR) is 122 cm³/mol. The second-order valence-corrected chi connectivity index (χ2v) is 9.97. The average Bonchev–Trinajstić information content (AvgIpc) is 2.69. The fraction of sp³-hybridized carbons (Fsp3) is 0.963. The summed E-state index contributed by atoms with van der Waals surface area (Å²) in [5.41, 5.74) is 0. The zero-order valence-corrected chi connectivity index (χ0v) is 18.7. The highest BCUT2D eigenvalue weighted by molar-refractivity contribution is 4.85. The van der Waals surface area contributed by atoms with E-state index in [-0.39, 0.29) is 0 Å². The van der Waals surface area contributed by atoms with Crippen molar-refractivity contribution in [2.45, 2.75) is 154 Å². The van der Waals surface area contributed by atoms with Crippen LogP contribution in [0.5, 0.6) is 0 Å². The van der Waals surface area contributed by atoms with E-state index in [4.69, 9.17) is 0 Å². The summed E-state index contributed by atoms with van der Waals surface area (Å²) in [7, 11) is 0. The maximum Gasteiger partial charge on any atom is -0.0352 e. The summed E-state index contributed by atoms with van der Waals surface area (Å²) >= 11 is 0. The van der Waals surface area contributed by atoms with Crippen LogP contribution in [0.1, 0.15) is 154 Å². The van der Waals surface area contributed by atoms with Gasteiger partial charge in [-0.2, -0.15) is 0 Å². The van der Waals surface area contributed by atoms with Crippen molar-refractivity contribution in [1.82, 2.24) is 0 Å². The highest BCUT2D eigenvalue weighted by Gasteiger charge is 2.20. The first-order valence-electron chi connectivity index (χ1n) is 13.3. The quantitative estimate of drug-likeness (QED) is 0.395. The van der Waals surface area contributed by atoms with Crippen LogP contribution in [0.3, 0.4) is 0 Å². The van der Waals surface area contributed by atoms with Gasteiger partial charge in [-0.05, 0) is 31.1 Å². The van der Waals surface area contributed by atoms with Gasteiger partial charge < -0.3 is 0 Å². The zero-order chi connectivity index (χ0) is 18.8. The molecule has 0 aliphatic heterocycles. The van der Waals surface area contributed by atoms with E-state index in [9.17, 15) is 0 Å². The summed E-state index contributed by atoms with van der Waals surface area (Å²) in [5, 5.41) is 0. The Labute approximate surface area is 172 Å². The fourth-order valence-corrected chi connectivity index (χ4v) is 5.44. The van der Waals surface area contributed by atoms with Gasteiger partial charge in [-0.25, -0.2) is 0 Å². The van der Waals surface area contributed by atoms with Crippen molar-refractivity contribution in [3.05, 3.63) is 6.42 Å². The Hall–Kier alpha value is 0. The van der Waals surface area contributed by atoms with E-state index in [0.29, 0.717) is 0 Å². The highest BCUT2D eigenvalue weighted by Crippen LogP contribution is 2.34. The maximum absolute atomic E-state index is 2.72. The fourth-order valence-electron chi connectivity index (χ4n) is 5.44. The molecule has 0 spiro atoms. The van der Waals surface area contributed by atoms with E-state index in [0.717, 1.165) is 11.8 Å². The van der Waals surface area contributed by atoms with Gasteiger partial charge in [-0.3, -0.25) is 0 Å². The third-order valence-corrected chi connectivity index (χ3v) is 7.44. The molecule has 159 valence electrons. The SMILES string of the molecule is [CH]1CC2CCCCCCCCCCCCCCCCCCCCCC1CC2. The van der Waals surface area contributed by atoms with E-state index < -0.39 is 0 Å². The zero-order valence-electron chi connectivity index (χ0n) is 18.7. The summed E-state index contributed by atoms with van der Waals surface area (Å²) in [4.78, 5) is 0. The molecule has 3 fully saturated rings. The van der Waals surface area contributed by atoms with E-state index in [1.807, 2.05) is 0 Å². The first-order valence-corrected chi connectivity index (χ1v) is 13.3. The Kier molecular flexibility index (Phi) is 14.6. The molecule has 2 bridgehead atoms. The van der Waals surface area contributed by atoms with Crippen LogP contribution in [0, 0.1) is 18.3 Å². The van der Waals surface area contributed by atoms with Crippen molar-refractivity contribution in [2.24, 2.45) is 11.8 Å². The minimum absolute atomic E-state index is 0.968. The van der Waals surface area contributed by atoms with Gasteiger partial charge in [0, 0.05) is 0 Å². The van der Waals surface area contributed by atoms with Crippen molar-refractivity contribution >= 4 is 0 Å². The second kappa shape index (κ2) is 16.9. The summed E-state index contributed by atoms with van der Waals surface area (Å²) in [6.45, 7) is 0.